The highest BCUT2D eigenvalue weighted by Gasteiger charge is 2.33. The zero-order valence-electron chi connectivity index (χ0n) is 17.6. The summed E-state index contributed by atoms with van der Waals surface area (Å²) in [6.45, 7) is 5.22. The number of hydrogen-bond acceptors (Lipinski definition) is 3. The molecule has 4 aromatic rings. The van der Waals surface area contributed by atoms with E-state index in [0.717, 1.165) is 53.2 Å². The van der Waals surface area contributed by atoms with Crippen molar-refractivity contribution in [3.8, 4) is 5.69 Å². The zero-order chi connectivity index (χ0) is 21.5. The van der Waals surface area contributed by atoms with Crippen molar-refractivity contribution < 1.29 is 4.79 Å². The Morgan fingerprint density at radius 3 is 2.77 bits per heavy atom. The first kappa shape index (κ1) is 19.8. The van der Waals surface area contributed by atoms with E-state index in [1.54, 1.807) is 6.20 Å². The van der Waals surface area contributed by atoms with E-state index in [2.05, 4.69) is 28.0 Å². The van der Waals surface area contributed by atoms with Crippen LogP contribution in [-0.4, -0.2) is 25.2 Å². The van der Waals surface area contributed by atoms with E-state index in [4.69, 9.17) is 16.6 Å². The van der Waals surface area contributed by atoms with E-state index in [9.17, 15) is 4.79 Å². The van der Waals surface area contributed by atoms with Crippen LogP contribution >= 0.6 is 11.6 Å². The number of carbonyl (C=O) groups excluding carboxylic acids is 1. The van der Waals surface area contributed by atoms with E-state index in [-0.39, 0.29) is 5.91 Å². The second-order valence-electron chi connectivity index (χ2n) is 8.01. The van der Waals surface area contributed by atoms with Crippen molar-refractivity contribution in [1.29, 1.82) is 0 Å². The van der Waals surface area contributed by atoms with Crippen molar-refractivity contribution in [3.63, 3.8) is 0 Å². The van der Waals surface area contributed by atoms with Crippen molar-refractivity contribution in [1.82, 2.24) is 24.6 Å². The van der Waals surface area contributed by atoms with Gasteiger partial charge in [0.05, 0.1) is 40.7 Å². The van der Waals surface area contributed by atoms with Gasteiger partial charge in [0.1, 0.15) is 5.82 Å². The summed E-state index contributed by atoms with van der Waals surface area (Å²) in [4.78, 5) is 17.8. The monoisotopic (exact) mass is 433 g/mol. The average Bonchev–Trinajstić information content (AvgIpc) is 3.41. The second-order valence-corrected chi connectivity index (χ2v) is 8.41. The highest BCUT2D eigenvalue weighted by atomic mass is 35.5. The molecule has 0 bridgehead atoms. The first-order chi connectivity index (χ1) is 15.1. The zero-order valence-corrected chi connectivity index (χ0v) is 18.4. The molecule has 1 amide bonds. The lowest BCUT2D eigenvalue weighted by Crippen LogP contribution is -2.25. The van der Waals surface area contributed by atoms with E-state index in [1.165, 1.54) is 0 Å². The van der Waals surface area contributed by atoms with Crippen LogP contribution in [0.5, 0.6) is 0 Å². The first-order valence-corrected chi connectivity index (χ1v) is 11.0. The van der Waals surface area contributed by atoms with Gasteiger partial charge < -0.3 is 9.88 Å². The molecule has 1 saturated carbocycles. The number of para-hydroxylation sites is 2. The molecule has 2 aromatic carbocycles. The number of nitrogens with one attached hydrogen (secondary N) is 1. The molecule has 2 aromatic heterocycles. The van der Waals surface area contributed by atoms with Crippen molar-refractivity contribution >= 4 is 28.5 Å². The van der Waals surface area contributed by atoms with E-state index in [0.29, 0.717) is 23.0 Å². The standard InChI is InChI=1S/C24H24ClN5O/c1-3-29-21-7-5-4-6-20(21)28-22(29)14-26-24(31)18-13-27-30(23(18)16-9-10-16)17-11-8-15(2)19(25)12-17/h4-8,11-13,16H,3,9-10,14H2,1-2H3,(H,26,31). The van der Waals surface area contributed by atoms with Crippen LogP contribution in [0.2, 0.25) is 5.02 Å². The van der Waals surface area contributed by atoms with Gasteiger partial charge in [-0.15, -0.1) is 0 Å². The van der Waals surface area contributed by atoms with Crippen LogP contribution in [0.4, 0.5) is 0 Å². The molecular formula is C24H24ClN5O. The van der Waals surface area contributed by atoms with E-state index >= 15 is 0 Å². The van der Waals surface area contributed by atoms with Gasteiger partial charge in [-0.25, -0.2) is 9.67 Å². The molecule has 0 unspecified atom stereocenters. The van der Waals surface area contributed by atoms with Crippen LogP contribution in [0.15, 0.2) is 48.7 Å². The second kappa shape index (κ2) is 7.85. The van der Waals surface area contributed by atoms with Gasteiger partial charge in [-0.3, -0.25) is 4.79 Å². The predicted molar refractivity (Wildman–Crippen MR) is 122 cm³/mol. The third-order valence-corrected chi connectivity index (χ3v) is 6.28. The molecule has 0 saturated heterocycles. The number of halogens is 1. The summed E-state index contributed by atoms with van der Waals surface area (Å²) in [6.07, 6.45) is 3.80. The summed E-state index contributed by atoms with van der Waals surface area (Å²) < 4.78 is 3.99. The van der Waals surface area contributed by atoms with Crippen molar-refractivity contribution in [2.24, 2.45) is 0 Å². The molecule has 6 nitrogen and oxygen atoms in total. The average molecular weight is 434 g/mol. The van der Waals surface area contributed by atoms with Crippen molar-refractivity contribution in [2.45, 2.75) is 45.7 Å². The van der Waals surface area contributed by atoms with Gasteiger partial charge in [-0.05, 0) is 56.5 Å². The van der Waals surface area contributed by atoms with Gasteiger partial charge >= 0.3 is 0 Å². The van der Waals surface area contributed by atoms with Gasteiger partial charge in [0.2, 0.25) is 0 Å². The Balaban J connectivity index is 1.43. The fourth-order valence-corrected chi connectivity index (χ4v) is 4.24. The van der Waals surface area contributed by atoms with Crippen LogP contribution in [0, 0.1) is 6.92 Å². The number of rotatable bonds is 6. The van der Waals surface area contributed by atoms with E-state index in [1.807, 2.05) is 48.0 Å². The smallest absolute Gasteiger partial charge is 0.255 e. The number of fused-ring (bicyclic) bond motifs is 1. The molecule has 5 rings (SSSR count). The molecule has 0 atom stereocenters. The number of nitrogens with zero attached hydrogens (tertiary/aromatic N) is 4. The SMILES string of the molecule is CCn1c(CNC(=O)c2cnn(-c3ccc(C)c(Cl)c3)c2C2CC2)nc2ccccc21. The summed E-state index contributed by atoms with van der Waals surface area (Å²) >= 11 is 6.33. The lowest BCUT2D eigenvalue weighted by atomic mass is 10.1. The van der Waals surface area contributed by atoms with Gasteiger partial charge in [-0.2, -0.15) is 5.10 Å². The largest absolute Gasteiger partial charge is 0.345 e. The number of hydrogen-bond donors (Lipinski definition) is 1. The van der Waals surface area contributed by atoms with Gasteiger partial charge in [0.25, 0.3) is 5.91 Å². The van der Waals surface area contributed by atoms with Crippen LogP contribution in [0.25, 0.3) is 16.7 Å². The minimum Gasteiger partial charge on any atom is -0.345 e. The van der Waals surface area contributed by atoms with Crippen LogP contribution in [-0.2, 0) is 13.1 Å². The summed E-state index contributed by atoms with van der Waals surface area (Å²) in [5.41, 5.74) is 5.50. The maximum absolute atomic E-state index is 13.1. The molecule has 7 heteroatoms. The molecular weight excluding hydrogens is 410 g/mol. The normalized spacial score (nSPS) is 13.6. The van der Waals surface area contributed by atoms with Crippen molar-refractivity contribution in [3.05, 3.63) is 76.3 Å². The lowest BCUT2D eigenvalue weighted by molar-refractivity contribution is 0.0948. The molecule has 1 aliphatic rings. The number of imidazole rings is 1. The number of carbonyl (C=O) groups is 1. The van der Waals surface area contributed by atoms with Gasteiger partial charge in [-0.1, -0.05) is 29.8 Å². The molecule has 1 N–H and O–H groups in total. The van der Waals surface area contributed by atoms with Crippen LogP contribution in [0.1, 0.15) is 53.1 Å². The molecule has 1 aliphatic carbocycles. The molecule has 0 aliphatic heterocycles. The maximum Gasteiger partial charge on any atom is 0.255 e. The Morgan fingerprint density at radius 1 is 1.23 bits per heavy atom. The minimum absolute atomic E-state index is 0.124. The highest BCUT2D eigenvalue weighted by molar-refractivity contribution is 6.31. The predicted octanol–water partition coefficient (Wildman–Crippen LogP) is 5.01. The van der Waals surface area contributed by atoms with Gasteiger partial charge in [0, 0.05) is 17.5 Å². The molecule has 0 radical (unpaired) electrons. The van der Waals surface area contributed by atoms with E-state index < -0.39 is 0 Å². The van der Waals surface area contributed by atoms with Crippen LogP contribution < -0.4 is 5.32 Å². The molecule has 2 heterocycles. The molecule has 0 spiro atoms. The topological polar surface area (TPSA) is 64.7 Å². The quantitative estimate of drug-likeness (QED) is 0.464. The highest BCUT2D eigenvalue weighted by Crippen LogP contribution is 2.42. The Kier molecular flexibility index (Phi) is 5.02. The summed E-state index contributed by atoms with van der Waals surface area (Å²) in [5.74, 6) is 1.08. The molecule has 1 fully saturated rings. The summed E-state index contributed by atoms with van der Waals surface area (Å²) in [7, 11) is 0. The van der Waals surface area contributed by atoms with Crippen molar-refractivity contribution in [2.75, 3.05) is 0 Å². The third kappa shape index (κ3) is 3.61. The Morgan fingerprint density at radius 2 is 2.03 bits per heavy atom. The number of aryl methyl sites for hydroxylation is 2. The fraction of sp³-hybridized carbons (Fsp3) is 0.292. The Labute approximate surface area is 185 Å². The number of amides is 1. The summed E-state index contributed by atoms with van der Waals surface area (Å²) in [5, 5.41) is 8.29. The van der Waals surface area contributed by atoms with Gasteiger partial charge in [0.15, 0.2) is 0 Å². The Bertz CT molecular complexity index is 1280. The minimum atomic E-state index is -0.124. The lowest BCUT2D eigenvalue weighted by Gasteiger charge is -2.11. The molecule has 31 heavy (non-hydrogen) atoms. The third-order valence-electron chi connectivity index (χ3n) is 5.87. The van der Waals surface area contributed by atoms with Crippen LogP contribution in [0.3, 0.4) is 0 Å². The number of aromatic nitrogens is 4. The molecule has 158 valence electrons. The fourth-order valence-electron chi connectivity index (χ4n) is 4.07. The Hall–Kier alpha value is -3.12. The summed E-state index contributed by atoms with van der Waals surface area (Å²) in [6, 6.07) is 13.9. The first-order valence-electron chi connectivity index (χ1n) is 10.6. The number of benzene rings is 2. The maximum atomic E-state index is 13.1.